The van der Waals surface area contributed by atoms with Crippen LogP contribution in [0.5, 0.6) is 0 Å². The monoisotopic (exact) mass is 326 g/mol. The summed E-state index contributed by atoms with van der Waals surface area (Å²) in [5.74, 6) is 0. The van der Waals surface area contributed by atoms with E-state index in [2.05, 4.69) is 12.2 Å². The Balaban J connectivity index is 1.87. The molecule has 0 N–H and O–H groups in total. The Morgan fingerprint density at radius 1 is 0.750 bits per heavy atom. The normalized spacial score (nSPS) is 19.7. The third kappa shape index (κ3) is 3.85. The number of hydrogen-bond acceptors (Lipinski definition) is 0. The molecule has 0 spiro atoms. The predicted octanol–water partition coefficient (Wildman–Crippen LogP) is 6.66. The molecular weight excluding hydrogens is 309 g/mol. The van der Waals surface area contributed by atoms with Crippen molar-refractivity contribution >= 4 is 5.57 Å². The molecule has 3 rings (SSSR count). The molecular formula is C21H17F3. The predicted molar refractivity (Wildman–Crippen MR) is 92.4 cm³/mol. The van der Waals surface area contributed by atoms with Gasteiger partial charge in [0.05, 0.1) is 5.56 Å². The van der Waals surface area contributed by atoms with Gasteiger partial charge in [-0.05, 0) is 47.2 Å². The van der Waals surface area contributed by atoms with Gasteiger partial charge < -0.3 is 0 Å². The summed E-state index contributed by atoms with van der Waals surface area (Å²) < 4.78 is 38.5. The Hall–Kier alpha value is -2.55. The first-order valence-electron chi connectivity index (χ1n) is 7.84. The van der Waals surface area contributed by atoms with Gasteiger partial charge in [-0.25, -0.2) is 0 Å². The van der Waals surface area contributed by atoms with Crippen molar-refractivity contribution < 1.29 is 13.2 Å². The SMILES string of the molecule is FC(F)(F)c1cccc(-c2ccc(/C3=C/C=C\C=C/CC3)cc2)c1. The summed E-state index contributed by atoms with van der Waals surface area (Å²) in [5, 5.41) is 0. The van der Waals surface area contributed by atoms with Crippen molar-refractivity contribution in [2.75, 3.05) is 0 Å². The first-order valence-corrected chi connectivity index (χ1v) is 7.84. The molecule has 0 fully saturated rings. The molecule has 0 heterocycles. The van der Waals surface area contributed by atoms with Crippen LogP contribution in [0.2, 0.25) is 0 Å². The van der Waals surface area contributed by atoms with Crippen molar-refractivity contribution in [2.45, 2.75) is 19.0 Å². The average molecular weight is 326 g/mol. The Morgan fingerprint density at radius 3 is 2.25 bits per heavy atom. The minimum atomic E-state index is -4.32. The summed E-state index contributed by atoms with van der Waals surface area (Å²) in [6.45, 7) is 0. The van der Waals surface area contributed by atoms with E-state index in [1.54, 1.807) is 6.07 Å². The number of halogens is 3. The van der Waals surface area contributed by atoms with Crippen LogP contribution in [0.25, 0.3) is 16.7 Å². The fraction of sp³-hybridized carbons (Fsp3) is 0.143. The number of rotatable bonds is 2. The summed E-state index contributed by atoms with van der Waals surface area (Å²) in [6, 6.07) is 13.1. The zero-order valence-corrected chi connectivity index (χ0v) is 13.1. The molecule has 0 aliphatic heterocycles. The molecule has 0 aromatic heterocycles. The summed E-state index contributed by atoms with van der Waals surface area (Å²) in [6.07, 6.45) is 7.85. The van der Waals surface area contributed by atoms with Crippen LogP contribution in [-0.4, -0.2) is 0 Å². The molecule has 24 heavy (non-hydrogen) atoms. The molecule has 0 atom stereocenters. The van der Waals surface area contributed by atoms with Crippen molar-refractivity contribution in [1.29, 1.82) is 0 Å². The minimum Gasteiger partial charge on any atom is -0.166 e. The second kappa shape index (κ2) is 6.91. The summed E-state index contributed by atoms with van der Waals surface area (Å²) in [4.78, 5) is 0. The van der Waals surface area contributed by atoms with Crippen molar-refractivity contribution in [3.63, 3.8) is 0 Å². The van der Waals surface area contributed by atoms with Crippen LogP contribution in [0.4, 0.5) is 13.2 Å². The van der Waals surface area contributed by atoms with Crippen LogP contribution in [0.3, 0.4) is 0 Å². The van der Waals surface area contributed by atoms with Crippen LogP contribution < -0.4 is 0 Å². The highest BCUT2D eigenvalue weighted by molar-refractivity contribution is 5.72. The second-order valence-corrected chi connectivity index (χ2v) is 5.70. The van der Waals surface area contributed by atoms with Crippen molar-refractivity contribution in [1.82, 2.24) is 0 Å². The maximum absolute atomic E-state index is 12.8. The molecule has 0 saturated carbocycles. The third-order valence-electron chi connectivity index (χ3n) is 4.01. The average Bonchev–Trinajstić information content (AvgIpc) is 2.54. The van der Waals surface area contributed by atoms with Crippen molar-refractivity contribution in [2.24, 2.45) is 0 Å². The smallest absolute Gasteiger partial charge is 0.166 e. The van der Waals surface area contributed by atoms with Gasteiger partial charge in [-0.1, -0.05) is 66.8 Å². The minimum absolute atomic E-state index is 0.575. The van der Waals surface area contributed by atoms with Crippen molar-refractivity contribution in [3.8, 4) is 11.1 Å². The van der Waals surface area contributed by atoms with Crippen LogP contribution in [0.15, 0.2) is 78.9 Å². The number of allylic oxidation sites excluding steroid dienone is 6. The van der Waals surface area contributed by atoms with E-state index in [0.717, 1.165) is 30.0 Å². The molecule has 3 heteroatoms. The number of hydrogen-bond donors (Lipinski definition) is 0. The fourth-order valence-electron chi connectivity index (χ4n) is 2.73. The van der Waals surface area contributed by atoms with E-state index in [0.29, 0.717) is 5.56 Å². The van der Waals surface area contributed by atoms with Gasteiger partial charge in [0.1, 0.15) is 0 Å². The van der Waals surface area contributed by atoms with Crippen LogP contribution in [0, 0.1) is 0 Å². The maximum Gasteiger partial charge on any atom is 0.416 e. The van der Waals surface area contributed by atoms with Gasteiger partial charge in [-0.2, -0.15) is 13.2 Å². The van der Waals surface area contributed by atoms with E-state index in [9.17, 15) is 13.2 Å². The van der Waals surface area contributed by atoms with E-state index in [1.807, 2.05) is 42.5 Å². The third-order valence-corrected chi connectivity index (χ3v) is 4.01. The van der Waals surface area contributed by atoms with Crippen molar-refractivity contribution in [3.05, 3.63) is 90.0 Å². The van der Waals surface area contributed by atoms with Gasteiger partial charge in [0, 0.05) is 0 Å². The largest absolute Gasteiger partial charge is 0.416 e. The molecule has 1 aliphatic rings. The van der Waals surface area contributed by atoms with E-state index in [4.69, 9.17) is 0 Å². The molecule has 0 saturated heterocycles. The van der Waals surface area contributed by atoms with E-state index in [1.165, 1.54) is 17.7 Å². The quantitative estimate of drug-likeness (QED) is 0.578. The molecule has 0 nitrogen and oxygen atoms in total. The molecule has 0 unspecified atom stereocenters. The zero-order chi connectivity index (χ0) is 17.0. The molecule has 0 bridgehead atoms. The molecule has 1 aliphatic carbocycles. The number of alkyl halides is 3. The highest BCUT2D eigenvalue weighted by Crippen LogP contribution is 2.32. The fourth-order valence-corrected chi connectivity index (χ4v) is 2.73. The molecule has 2 aromatic rings. The lowest BCUT2D eigenvalue weighted by Gasteiger charge is -2.11. The van der Waals surface area contributed by atoms with Gasteiger partial charge in [0.2, 0.25) is 0 Å². The second-order valence-electron chi connectivity index (χ2n) is 5.70. The Kier molecular flexibility index (Phi) is 4.70. The lowest BCUT2D eigenvalue weighted by atomic mass is 9.96. The first-order chi connectivity index (χ1) is 11.5. The highest BCUT2D eigenvalue weighted by Gasteiger charge is 2.30. The zero-order valence-electron chi connectivity index (χ0n) is 13.1. The van der Waals surface area contributed by atoms with E-state index >= 15 is 0 Å². The Bertz CT molecular complexity index is 791. The van der Waals surface area contributed by atoms with Gasteiger partial charge in [-0.15, -0.1) is 0 Å². The summed E-state index contributed by atoms with van der Waals surface area (Å²) in [7, 11) is 0. The molecule has 2 aromatic carbocycles. The maximum atomic E-state index is 12.8. The van der Waals surface area contributed by atoms with Crippen LogP contribution >= 0.6 is 0 Å². The van der Waals surface area contributed by atoms with Gasteiger partial charge >= 0.3 is 6.18 Å². The molecule has 0 radical (unpaired) electrons. The number of benzene rings is 2. The lowest BCUT2D eigenvalue weighted by Crippen LogP contribution is -2.04. The topological polar surface area (TPSA) is 0 Å². The van der Waals surface area contributed by atoms with Crippen LogP contribution in [0.1, 0.15) is 24.0 Å². The van der Waals surface area contributed by atoms with Crippen LogP contribution in [-0.2, 0) is 6.18 Å². The van der Waals surface area contributed by atoms with Gasteiger partial charge in [0.25, 0.3) is 0 Å². The first kappa shape index (κ1) is 16.3. The summed E-state index contributed by atoms with van der Waals surface area (Å²) >= 11 is 0. The highest BCUT2D eigenvalue weighted by atomic mass is 19.4. The Morgan fingerprint density at radius 2 is 1.50 bits per heavy atom. The molecule has 122 valence electrons. The Labute approximate surface area is 139 Å². The lowest BCUT2D eigenvalue weighted by molar-refractivity contribution is -0.137. The van der Waals surface area contributed by atoms with Gasteiger partial charge in [-0.3, -0.25) is 0 Å². The molecule has 0 amide bonds. The standard InChI is InChI=1S/C21H17F3/c22-21(23,24)20-10-6-9-19(15-20)18-13-11-17(12-14-18)16-7-4-2-1-3-5-8-16/h1-4,6-7,9-15H,5,8H2/b3-1-,4-2-,16-7+. The van der Waals surface area contributed by atoms with E-state index in [-0.39, 0.29) is 0 Å². The summed E-state index contributed by atoms with van der Waals surface area (Å²) in [5.41, 5.74) is 3.07. The van der Waals surface area contributed by atoms with E-state index < -0.39 is 11.7 Å². The van der Waals surface area contributed by atoms with Gasteiger partial charge in [0.15, 0.2) is 0 Å².